The highest BCUT2D eigenvalue weighted by molar-refractivity contribution is 9.10. The van der Waals surface area contributed by atoms with Crippen molar-refractivity contribution in [2.24, 2.45) is 5.92 Å². The Morgan fingerprint density at radius 2 is 1.80 bits per heavy atom. The fraction of sp³-hybridized carbons (Fsp3) is 0.235. The lowest BCUT2D eigenvalue weighted by atomic mass is 9.98. The second-order valence-electron chi connectivity index (χ2n) is 5.25. The van der Waals surface area contributed by atoms with Crippen LogP contribution in [0, 0.1) is 11.7 Å². The topological polar surface area (TPSA) is 17.1 Å². The van der Waals surface area contributed by atoms with E-state index in [1.54, 1.807) is 18.2 Å². The molecule has 0 saturated carbocycles. The molecule has 1 nitrogen and oxygen atoms in total. The molecule has 0 aromatic heterocycles. The molecule has 0 aliphatic heterocycles. The van der Waals surface area contributed by atoms with Crippen molar-refractivity contribution < 1.29 is 9.18 Å². The summed E-state index contributed by atoms with van der Waals surface area (Å²) in [6.45, 7) is 4.30. The maximum Gasteiger partial charge on any atom is 0.195 e. The van der Waals surface area contributed by atoms with Gasteiger partial charge in [0.2, 0.25) is 0 Å². The fourth-order valence-corrected chi connectivity index (χ4v) is 2.43. The Morgan fingerprint density at radius 3 is 2.35 bits per heavy atom. The normalized spacial score (nSPS) is 10.8. The van der Waals surface area contributed by atoms with Crippen LogP contribution in [0.15, 0.2) is 46.9 Å². The number of hydrogen-bond donors (Lipinski definition) is 0. The number of carbonyl (C=O) groups excluding carboxylic acids is 1. The average Bonchev–Trinajstić information content (AvgIpc) is 2.38. The SMILES string of the molecule is CC(C)Cc1ccc(C(=O)c2ccc(Br)cc2F)cc1. The molecule has 0 radical (unpaired) electrons. The highest BCUT2D eigenvalue weighted by Gasteiger charge is 2.14. The molecule has 0 saturated heterocycles. The van der Waals surface area contributed by atoms with E-state index in [1.807, 2.05) is 12.1 Å². The third kappa shape index (κ3) is 3.54. The largest absolute Gasteiger partial charge is 0.288 e. The molecule has 2 aromatic rings. The summed E-state index contributed by atoms with van der Waals surface area (Å²) in [5, 5.41) is 0. The molecular weight excluding hydrogens is 319 g/mol. The standard InChI is InChI=1S/C17H16BrFO/c1-11(2)9-12-3-5-13(6-4-12)17(20)15-8-7-14(18)10-16(15)19/h3-8,10-11H,9H2,1-2H3. The molecule has 2 rings (SSSR count). The van der Waals surface area contributed by atoms with Crippen LogP contribution in [0.1, 0.15) is 35.3 Å². The molecule has 3 heteroatoms. The Morgan fingerprint density at radius 1 is 1.15 bits per heavy atom. The zero-order valence-electron chi connectivity index (χ0n) is 11.5. The minimum atomic E-state index is -0.504. The molecule has 0 unspecified atom stereocenters. The van der Waals surface area contributed by atoms with Gasteiger partial charge < -0.3 is 0 Å². The van der Waals surface area contributed by atoms with E-state index in [2.05, 4.69) is 29.8 Å². The number of carbonyl (C=O) groups is 1. The molecule has 0 spiro atoms. The highest BCUT2D eigenvalue weighted by atomic mass is 79.9. The van der Waals surface area contributed by atoms with Crippen LogP contribution in [0.5, 0.6) is 0 Å². The van der Waals surface area contributed by atoms with Gasteiger partial charge in [-0.3, -0.25) is 4.79 Å². The van der Waals surface area contributed by atoms with Gasteiger partial charge in [-0.25, -0.2) is 4.39 Å². The van der Waals surface area contributed by atoms with Crippen molar-refractivity contribution in [1.29, 1.82) is 0 Å². The molecule has 0 amide bonds. The predicted octanol–water partition coefficient (Wildman–Crippen LogP) is 5.02. The summed E-state index contributed by atoms with van der Waals surface area (Å²) < 4.78 is 14.4. The summed E-state index contributed by atoms with van der Waals surface area (Å²) >= 11 is 3.18. The van der Waals surface area contributed by atoms with Gasteiger partial charge in [0, 0.05) is 10.0 Å². The van der Waals surface area contributed by atoms with Gasteiger partial charge in [0.25, 0.3) is 0 Å². The Balaban J connectivity index is 2.25. The molecular formula is C17H16BrFO. The van der Waals surface area contributed by atoms with Gasteiger partial charge in [-0.2, -0.15) is 0 Å². The Labute approximate surface area is 127 Å². The van der Waals surface area contributed by atoms with Crippen LogP contribution in [0.2, 0.25) is 0 Å². The van der Waals surface area contributed by atoms with Gasteiger partial charge in [-0.1, -0.05) is 54.0 Å². The van der Waals surface area contributed by atoms with Gasteiger partial charge in [-0.05, 0) is 36.1 Å². The van der Waals surface area contributed by atoms with Crippen molar-refractivity contribution in [2.75, 3.05) is 0 Å². The maximum atomic E-state index is 13.8. The first-order valence-corrected chi connectivity index (χ1v) is 7.35. The van der Waals surface area contributed by atoms with E-state index in [4.69, 9.17) is 0 Å². The van der Waals surface area contributed by atoms with Crippen molar-refractivity contribution in [3.8, 4) is 0 Å². The average molecular weight is 335 g/mol. The molecule has 0 atom stereocenters. The van der Waals surface area contributed by atoms with Crippen molar-refractivity contribution in [1.82, 2.24) is 0 Å². The van der Waals surface area contributed by atoms with Crippen molar-refractivity contribution in [3.05, 3.63) is 69.4 Å². The molecule has 0 heterocycles. The molecule has 0 fully saturated rings. The minimum Gasteiger partial charge on any atom is -0.288 e. The van der Waals surface area contributed by atoms with Crippen LogP contribution in [-0.2, 0) is 6.42 Å². The van der Waals surface area contributed by atoms with Gasteiger partial charge in [0.05, 0.1) is 5.56 Å². The van der Waals surface area contributed by atoms with E-state index in [0.717, 1.165) is 6.42 Å². The van der Waals surface area contributed by atoms with Crippen LogP contribution in [-0.4, -0.2) is 5.78 Å². The first-order valence-electron chi connectivity index (χ1n) is 6.56. The monoisotopic (exact) mass is 334 g/mol. The molecule has 0 N–H and O–H groups in total. The van der Waals surface area contributed by atoms with E-state index in [0.29, 0.717) is 16.0 Å². The first kappa shape index (κ1) is 14.9. The Kier molecular flexibility index (Phi) is 4.71. The predicted molar refractivity (Wildman–Crippen MR) is 82.5 cm³/mol. The van der Waals surface area contributed by atoms with Crippen LogP contribution in [0.4, 0.5) is 4.39 Å². The van der Waals surface area contributed by atoms with Crippen molar-refractivity contribution >= 4 is 21.7 Å². The fourth-order valence-electron chi connectivity index (χ4n) is 2.09. The summed E-state index contributed by atoms with van der Waals surface area (Å²) in [5.41, 5.74) is 1.80. The lowest BCUT2D eigenvalue weighted by Crippen LogP contribution is -2.04. The minimum absolute atomic E-state index is 0.102. The molecule has 0 aliphatic carbocycles. The number of hydrogen-bond acceptors (Lipinski definition) is 1. The quantitative estimate of drug-likeness (QED) is 0.717. The molecule has 20 heavy (non-hydrogen) atoms. The van der Waals surface area contributed by atoms with Gasteiger partial charge in [0.1, 0.15) is 5.82 Å². The van der Waals surface area contributed by atoms with E-state index >= 15 is 0 Å². The van der Waals surface area contributed by atoms with E-state index in [-0.39, 0.29) is 11.3 Å². The molecule has 0 aliphatic rings. The van der Waals surface area contributed by atoms with Crippen LogP contribution in [0.3, 0.4) is 0 Å². The van der Waals surface area contributed by atoms with E-state index in [1.165, 1.54) is 17.7 Å². The molecule has 2 aromatic carbocycles. The summed E-state index contributed by atoms with van der Waals surface area (Å²) in [6.07, 6.45) is 0.973. The lowest BCUT2D eigenvalue weighted by Gasteiger charge is -2.07. The number of benzene rings is 2. The second kappa shape index (κ2) is 6.31. The van der Waals surface area contributed by atoms with Crippen molar-refractivity contribution in [3.63, 3.8) is 0 Å². The number of halogens is 2. The van der Waals surface area contributed by atoms with Crippen LogP contribution >= 0.6 is 15.9 Å². The summed E-state index contributed by atoms with van der Waals surface area (Å²) in [6, 6.07) is 11.9. The number of ketones is 1. The maximum absolute atomic E-state index is 13.8. The van der Waals surface area contributed by atoms with E-state index < -0.39 is 5.82 Å². The molecule has 104 valence electrons. The van der Waals surface area contributed by atoms with E-state index in [9.17, 15) is 9.18 Å². The summed E-state index contributed by atoms with van der Waals surface area (Å²) in [5.74, 6) is -0.220. The summed E-state index contributed by atoms with van der Waals surface area (Å²) in [4.78, 5) is 12.3. The molecule has 0 bridgehead atoms. The van der Waals surface area contributed by atoms with Crippen LogP contribution in [0.25, 0.3) is 0 Å². The Bertz CT molecular complexity index is 617. The van der Waals surface area contributed by atoms with Crippen LogP contribution < -0.4 is 0 Å². The van der Waals surface area contributed by atoms with Gasteiger partial charge >= 0.3 is 0 Å². The van der Waals surface area contributed by atoms with Crippen molar-refractivity contribution in [2.45, 2.75) is 20.3 Å². The zero-order chi connectivity index (χ0) is 14.7. The van der Waals surface area contributed by atoms with Gasteiger partial charge in [-0.15, -0.1) is 0 Å². The Hall–Kier alpha value is -1.48. The van der Waals surface area contributed by atoms with Gasteiger partial charge in [0.15, 0.2) is 5.78 Å². The highest BCUT2D eigenvalue weighted by Crippen LogP contribution is 2.19. The lowest BCUT2D eigenvalue weighted by molar-refractivity contribution is 0.103. The smallest absolute Gasteiger partial charge is 0.195 e. The summed E-state index contributed by atoms with van der Waals surface area (Å²) in [7, 11) is 0. The first-order chi connectivity index (χ1) is 9.47. The second-order valence-corrected chi connectivity index (χ2v) is 6.16. The third-order valence-corrected chi connectivity index (χ3v) is 3.53. The third-order valence-electron chi connectivity index (χ3n) is 3.04. The zero-order valence-corrected chi connectivity index (χ0v) is 13.1. The number of rotatable bonds is 4.